The molecule has 1 aliphatic rings. The van der Waals surface area contributed by atoms with E-state index in [9.17, 15) is 19.5 Å². The molecule has 58 heavy (non-hydrogen) atoms. The van der Waals surface area contributed by atoms with Gasteiger partial charge in [-0.05, 0) is 110 Å². The molecule has 1 N–H and O–H groups in total. The lowest BCUT2D eigenvalue weighted by atomic mass is 9.98. The number of aryl methyl sites for hydroxylation is 5. The fraction of sp³-hybridized carbons (Fsp3) is 0.244. The highest BCUT2D eigenvalue weighted by atomic mass is 16.4. The summed E-state index contributed by atoms with van der Waals surface area (Å²) in [6.07, 6.45) is 8.26. The second-order valence-corrected chi connectivity index (χ2v) is 15.2. The van der Waals surface area contributed by atoms with Gasteiger partial charge in [0, 0.05) is 72.7 Å². The number of fused-ring (bicyclic) bond motifs is 3. The summed E-state index contributed by atoms with van der Waals surface area (Å²) in [7, 11) is 1.88. The van der Waals surface area contributed by atoms with Crippen molar-refractivity contribution >= 4 is 33.7 Å². The Hall–Kier alpha value is -7.02. The van der Waals surface area contributed by atoms with E-state index in [0.717, 1.165) is 78.7 Å². The van der Waals surface area contributed by atoms with Crippen LogP contribution in [0.25, 0.3) is 50.1 Å². The number of imidazole rings is 1. The van der Waals surface area contributed by atoms with Crippen LogP contribution in [0.1, 0.15) is 57.5 Å². The molecule has 0 saturated carbocycles. The van der Waals surface area contributed by atoms with E-state index in [-0.39, 0.29) is 31.1 Å². The third kappa shape index (κ3) is 6.19. The SMILES string of the molecule is CCc1nccc(-c2ccc3c(c2)cc(C(=O)N2CCc4nn(-c5cc(C)cc(C)c5)c(-n5ccn(-c6ccc7c(cnn7C)c6)c5=O)c4C2)n3CCC(=O)O)c1C. The molecule has 9 rings (SSSR count). The van der Waals surface area contributed by atoms with Gasteiger partial charge < -0.3 is 14.6 Å². The largest absolute Gasteiger partial charge is 0.481 e. The monoisotopic (exact) mass is 773 g/mol. The van der Waals surface area contributed by atoms with Gasteiger partial charge in [-0.3, -0.25) is 28.4 Å². The summed E-state index contributed by atoms with van der Waals surface area (Å²) in [6.45, 7) is 8.96. The van der Waals surface area contributed by atoms with Gasteiger partial charge >= 0.3 is 11.7 Å². The molecule has 0 saturated heterocycles. The zero-order chi connectivity index (χ0) is 40.4. The van der Waals surface area contributed by atoms with Crippen molar-refractivity contribution in [3.05, 3.63) is 141 Å². The predicted octanol–water partition coefficient (Wildman–Crippen LogP) is 6.88. The molecule has 13 heteroatoms. The minimum absolute atomic E-state index is 0.135. The van der Waals surface area contributed by atoms with Gasteiger partial charge in [-0.25, -0.2) is 9.48 Å². The quantitative estimate of drug-likeness (QED) is 0.169. The number of carboxylic acid groups (broad SMARTS) is 1. The molecule has 0 radical (unpaired) electrons. The van der Waals surface area contributed by atoms with Gasteiger partial charge in [0.15, 0.2) is 0 Å². The summed E-state index contributed by atoms with van der Waals surface area (Å²) in [5, 5.41) is 20.9. The molecule has 8 aromatic rings. The fourth-order valence-electron chi connectivity index (χ4n) is 8.54. The number of carboxylic acids is 1. The third-order valence-electron chi connectivity index (χ3n) is 11.4. The Morgan fingerprint density at radius 3 is 2.41 bits per heavy atom. The minimum atomic E-state index is -0.944. The fourth-order valence-corrected chi connectivity index (χ4v) is 8.54. The molecule has 0 atom stereocenters. The van der Waals surface area contributed by atoms with Gasteiger partial charge in [-0.1, -0.05) is 19.1 Å². The molecular weight excluding hydrogens is 731 g/mol. The second-order valence-electron chi connectivity index (χ2n) is 15.2. The summed E-state index contributed by atoms with van der Waals surface area (Å²) in [6, 6.07) is 21.9. The highest BCUT2D eigenvalue weighted by Gasteiger charge is 2.32. The van der Waals surface area contributed by atoms with E-state index >= 15 is 0 Å². The molecular formula is C45H43N9O4. The van der Waals surface area contributed by atoms with Crippen LogP contribution in [0.4, 0.5) is 0 Å². The highest BCUT2D eigenvalue weighted by Crippen LogP contribution is 2.33. The van der Waals surface area contributed by atoms with Crippen molar-refractivity contribution in [2.24, 2.45) is 7.05 Å². The summed E-state index contributed by atoms with van der Waals surface area (Å²) >= 11 is 0. The molecule has 3 aromatic carbocycles. The number of hydrogen-bond acceptors (Lipinski definition) is 6. The zero-order valence-electron chi connectivity index (χ0n) is 33.1. The molecule has 0 bridgehead atoms. The lowest BCUT2D eigenvalue weighted by molar-refractivity contribution is -0.137. The van der Waals surface area contributed by atoms with Gasteiger partial charge in [-0.15, -0.1) is 0 Å². The van der Waals surface area contributed by atoms with E-state index in [2.05, 4.69) is 36.1 Å². The molecule has 6 heterocycles. The number of hydrogen-bond donors (Lipinski definition) is 1. The molecule has 0 spiro atoms. The molecule has 0 aliphatic carbocycles. The Morgan fingerprint density at radius 1 is 0.862 bits per heavy atom. The van der Waals surface area contributed by atoms with E-state index in [1.54, 1.807) is 37.3 Å². The van der Waals surface area contributed by atoms with Crippen molar-refractivity contribution < 1.29 is 14.7 Å². The number of aliphatic carboxylic acids is 1. The van der Waals surface area contributed by atoms with E-state index < -0.39 is 5.97 Å². The Balaban J connectivity index is 1.13. The maximum absolute atomic E-state index is 14.8. The van der Waals surface area contributed by atoms with Crippen LogP contribution in [0.15, 0.2) is 96.3 Å². The van der Waals surface area contributed by atoms with Crippen molar-refractivity contribution in [1.82, 2.24) is 43.1 Å². The van der Waals surface area contributed by atoms with Crippen LogP contribution in [0.3, 0.4) is 0 Å². The van der Waals surface area contributed by atoms with Crippen LogP contribution >= 0.6 is 0 Å². The Morgan fingerprint density at radius 2 is 1.64 bits per heavy atom. The molecule has 5 aromatic heterocycles. The Kier molecular flexibility index (Phi) is 8.95. The number of nitrogens with zero attached hydrogens (tertiary/aromatic N) is 9. The number of amides is 1. The molecule has 1 amide bonds. The van der Waals surface area contributed by atoms with Crippen molar-refractivity contribution in [2.45, 2.75) is 60.0 Å². The maximum Gasteiger partial charge on any atom is 0.338 e. The van der Waals surface area contributed by atoms with Gasteiger partial charge in [0.1, 0.15) is 11.5 Å². The first-order valence-corrected chi connectivity index (χ1v) is 19.5. The molecule has 0 unspecified atom stereocenters. The summed E-state index contributed by atoms with van der Waals surface area (Å²) in [4.78, 5) is 47.4. The summed E-state index contributed by atoms with van der Waals surface area (Å²) in [5.41, 5.74) is 11.3. The van der Waals surface area contributed by atoms with Crippen LogP contribution in [-0.4, -0.2) is 66.7 Å². The van der Waals surface area contributed by atoms with Crippen LogP contribution in [0.2, 0.25) is 0 Å². The number of rotatable bonds is 9. The van der Waals surface area contributed by atoms with Gasteiger partial charge in [0.2, 0.25) is 0 Å². The first kappa shape index (κ1) is 36.6. The average molecular weight is 774 g/mol. The van der Waals surface area contributed by atoms with Crippen LogP contribution in [0.5, 0.6) is 0 Å². The predicted molar refractivity (Wildman–Crippen MR) is 222 cm³/mol. The standard InChI is InChI=1S/C45H43N9O4/c1-6-37-29(4)35(11-14-46-37)30-7-9-40-31(22-30)24-41(52(40)16-13-42(55)56)44(57)50-15-12-38-36(26-50)43(54(48-38)34-20-27(2)19-28(3)21-34)53-18-17-51(45(53)58)33-8-10-39-32(23-33)25-47-49(39)5/h7-11,14,17-25H,6,12-13,15-16,26H2,1-5H3,(H,55,56). The van der Waals surface area contributed by atoms with Crippen molar-refractivity contribution in [3.8, 4) is 28.3 Å². The van der Waals surface area contributed by atoms with E-state index in [4.69, 9.17) is 5.10 Å². The van der Waals surface area contributed by atoms with Crippen molar-refractivity contribution in [2.75, 3.05) is 6.54 Å². The highest BCUT2D eigenvalue weighted by molar-refractivity contribution is 6.00. The Labute approximate surface area is 334 Å². The Bertz CT molecular complexity index is 2990. The van der Waals surface area contributed by atoms with Crippen LogP contribution < -0.4 is 5.69 Å². The number of aromatic nitrogens is 8. The van der Waals surface area contributed by atoms with Crippen LogP contribution in [0, 0.1) is 20.8 Å². The van der Waals surface area contributed by atoms with E-state index in [0.29, 0.717) is 30.2 Å². The normalized spacial score (nSPS) is 12.8. The molecule has 13 nitrogen and oxygen atoms in total. The topological polar surface area (TPSA) is 138 Å². The minimum Gasteiger partial charge on any atom is -0.481 e. The molecule has 1 aliphatic heterocycles. The maximum atomic E-state index is 14.8. The number of benzene rings is 3. The van der Waals surface area contributed by atoms with Crippen LogP contribution in [-0.2, 0) is 37.8 Å². The zero-order valence-corrected chi connectivity index (χ0v) is 33.1. The van der Waals surface area contributed by atoms with Gasteiger partial charge in [-0.2, -0.15) is 10.2 Å². The number of carbonyl (C=O) groups excluding carboxylic acids is 1. The number of pyridine rings is 1. The number of carbonyl (C=O) groups is 2. The molecule has 0 fully saturated rings. The van der Waals surface area contributed by atoms with E-state index in [1.165, 1.54) is 0 Å². The average Bonchev–Trinajstić information content (AvgIpc) is 3.98. The van der Waals surface area contributed by atoms with Crippen molar-refractivity contribution in [3.63, 3.8) is 0 Å². The summed E-state index contributed by atoms with van der Waals surface area (Å²) in [5.74, 6) is -0.596. The lowest BCUT2D eigenvalue weighted by Gasteiger charge is -2.27. The van der Waals surface area contributed by atoms with Crippen molar-refractivity contribution in [1.29, 1.82) is 0 Å². The van der Waals surface area contributed by atoms with E-state index in [1.807, 2.05) is 90.9 Å². The lowest BCUT2D eigenvalue weighted by Crippen LogP contribution is -2.37. The van der Waals surface area contributed by atoms with Gasteiger partial charge in [0.25, 0.3) is 5.91 Å². The van der Waals surface area contributed by atoms with Gasteiger partial charge in [0.05, 0.1) is 41.7 Å². The second kappa shape index (κ2) is 14.2. The smallest absolute Gasteiger partial charge is 0.338 e. The molecule has 292 valence electrons. The first-order chi connectivity index (χ1) is 28.0. The summed E-state index contributed by atoms with van der Waals surface area (Å²) < 4.78 is 8.66. The third-order valence-corrected chi connectivity index (χ3v) is 11.4. The first-order valence-electron chi connectivity index (χ1n) is 19.5.